The highest BCUT2D eigenvalue weighted by atomic mass is 31.2. The molecule has 0 amide bonds. The normalized spacial score (nSPS) is 28.8. The van der Waals surface area contributed by atoms with Crippen LogP contribution in [0.1, 0.15) is 87.0 Å². The number of rotatable bonds is 34. The number of aromatic nitrogens is 20. The molecule has 6 aliphatic heterocycles. The topological polar surface area (TPSA) is 869 Å². The van der Waals surface area contributed by atoms with E-state index in [2.05, 4.69) is 69.3 Å². The van der Waals surface area contributed by atoms with Gasteiger partial charge in [0.2, 0.25) is 17.8 Å². The van der Waals surface area contributed by atoms with Gasteiger partial charge in [-0.3, -0.25) is 126 Å². The van der Waals surface area contributed by atoms with Gasteiger partial charge in [-0.25, -0.2) is 66.9 Å². The fraction of sp³-hybridized carbons (Fsp3) is 0.533. The number of imidazole rings is 4. The summed E-state index contributed by atoms with van der Waals surface area (Å²) in [7, 11) is -33.1. The molecule has 0 aromatic carbocycles. The van der Waals surface area contributed by atoms with Crippen molar-refractivity contribution in [1.82, 2.24) is 97.2 Å². The van der Waals surface area contributed by atoms with E-state index in [4.69, 9.17) is 96.6 Å². The number of ether oxygens (including phenoxy) is 6. The van der Waals surface area contributed by atoms with Crippen LogP contribution < -0.4 is 62.1 Å². The molecule has 0 radical (unpaired) electrons. The molecular formula is C60H76N24O38P6. The van der Waals surface area contributed by atoms with Crippen molar-refractivity contribution in [3.63, 3.8) is 0 Å². The number of aliphatic hydroxyl groups is 1. The Morgan fingerprint density at radius 2 is 0.633 bits per heavy atom. The Morgan fingerprint density at radius 1 is 0.359 bits per heavy atom. The van der Waals surface area contributed by atoms with E-state index in [0.717, 1.165) is 45.1 Å². The van der Waals surface area contributed by atoms with Crippen molar-refractivity contribution in [2.45, 2.75) is 163 Å². The molecule has 10 aromatic heterocycles. The maximum atomic E-state index is 14.6. The summed E-state index contributed by atoms with van der Waals surface area (Å²) < 4.78 is 186. The minimum Gasteiger partial charge on any atom is -0.390 e. The predicted molar refractivity (Wildman–Crippen MR) is 418 cm³/mol. The maximum absolute atomic E-state index is 14.6. The van der Waals surface area contributed by atoms with Gasteiger partial charge >= 0.3 is 58.3 Å². The maximum Gasteiger partial charge on any atom is 0.472 e. The lowest BCUT2D eigenvalue weighted by Gasteiger charge is -2.26. The number of hydrogen-bond donors (Lipinski definition) is 17. The van der Waals surface area contributed by atoms with Crippen LogP contribution in [0, 0.1) is 13.8 Å². The van der Waals surface area contributed by atoms with Gasteiger partial charge in [0, 0.05) is 62.0 Å². The lowest BCUT2D eigenvalue weighted by molar-refractivity contribution is -0.0642. The number of nitrogen functional groups attached to an aromatic ring is 4. The van der Waals surface area contributed by atoms with Crippen LogP contribution in [-0.2, 0) is 106 Å². The number of aryl methyl sites for hydroxylation is 2. The number of H-pyrrole nitrogens is 5. The Hall–Kier alpha value is -9.46. The zero-order valence-electron chi connectivity index (χ0n) is 65.4. The lowest BCUT2D eigenvalue weighted by Crippen LogP contribution is -2.33. The number of nitrogens with one attached hydrogen (secondary N) is 5. The minimum absolute atomic E-state index is 0.00236. The Labute approximate surface area is 708 Å². The molecular weight excluding hydrogens is 1850 g/mol. The van der Waals surface area contributed by atoms with E-state index in [1.807, 2.05) is 4.98 Å². The molecule has 0 bridgehead atoms. The van der Waals surface area contributed by atoms with Crippen LogP contribution >= 0.6 is 46.9 Å². The number of anilines is 4. The number of fused-ring (bicyclic) bond motifs is 4. The van der Waals surface area contributed by atoms with Gasteiger partial charge in [0.15, 0.2) is 45.0 Å². The SMILES string of the molecule is Cc1cn([C@H]2C[C@H](OP(=O)(O)OC[C@H]3O[C@@H](n4cc(C)c(=O)[nH]c4=O)C[C@@H]3OP(=O)(O)OC[C@H]3O[C@@H](n4cnc5c(N)ncnc54)C[C@@H]3OP(=O)(O)OC[C@H]3O[C@@H](n4cnc5c(=O)[nH]c(N)nc54)C[C@@H]3OP(=O)(O)OC[C@H]3O[C@@H](n4cnc5c(=O)[nH]c(N)nc54)C[C@@H]3OP(=O)(O)OC[C@H]3O[C@@H](n4cnc5c(=O)[nH]c(N)nc54)C[C@@H]3O)[C@@H](COP(=O)(O)O)O2)c(=O)[nH]c1=O. The predicted octanol–water partition coefficient (Wildman–Crippen LogP) is -3.02. The first-order valence-corrected chi connectivity index (χ1v) is 46.7. The van der Waals surface area contributed by atoms with E-state index in [9.17, 15) is 100 Å². The van der Waals surface area contributed by atoms with Crippen LogP contribution in [0.25, 0.3) is 44.7 Å². The molecule has 68 heteroatoms. The van der Waals surface area contributed by atoms with E-state index >= 15 is 0 Å². The summed E-state index contributed by atoms with van der Waals surface area (Å²) in [5.74, 6) is -1.15. The van der Waals surface area contributed by atoms with Gasteiger partial charge in [-0.1, -0.05) is 0 Å². The molecule has 10 aromatic rings. The average Bonchev–Trinajstić information content (AvgIpc) is 1.64. The van der Waals surface area contributed by atoms with Crippen molar-refractivity contribution >= 4 is 115 Å². The Bertz CT molecular complexity index is 6690. The number of nitrogens with two attached hydrogens (primary N) is 4. The quantitative estimate of drug-likeness (QED) is 0.0179. The van der Waals surface area contributed by atoms with Gasteiger partial charge in [-0.2, -0.15) is 15.0 Å². The number of hydrogen-bond acceptors (Lipinski definition) is 44. The fourth-order valence-electron chi connectivity index (χ4n) is 14.9. The summed E-state index contributed by atoms with van der Waals surface area (Å²) in [6.07, 6.45) is -23.7. The van der Waals surface area contributed by atoms with Crippen molar-refractivity contribution in [3.05, 3.63) is 128 Å². The van der Waals surface area contributed by atoms with Crippen LogP contribution in [0.2, 0.25) is 0 Å². The molecule has 0 saturated carbocycles. The molecule has 16 rings (SSSR count). The summed E-state index contributed by atoms with van der Waals surface area (Å²) in [4.78, 5) is 214. The van der Waals surface area contributed by atoms with Crippen LogP contribution in [0.4, 0.5) is 23.7 Å². The largest absolute Gasteiger partial charge is 0.472 e. The Kier molecular flexibility index (Phi) is 25.6. The third-order valence-corrected chi connectivity index (χ3v) is 26.3. The summed E-state index contributed by atoms with van der Waals surface area (Å²) in [5.41, 5.74) is 16.6. The Morgan fingerprint density at radius 3 is 0.953 bits per heavy atom. The first kappa shape index (κ1) is 91.8. The van der Waals surface area contributed by atoms with Crippen LogP contribution in [0.3, 0.4) is 0 Å². The van der Waals surface area contributed by atoms with Crippen LogP contribution in [0.15, 0.2) is 77.6 Å². The van der Waals surface area contributed by atoms with Gasteiger partial charge in [-0.05, 0) is 13.8 Å². The molecule has 5 unspecified atom stereocenters. The number of nitrogens with zero attached hydrogens (tertiary/aromatic N) is 15. The summed E-state index contributed by atoms with van der Waals surface area (Å²) in [5, 5.41) is 11.1. The van der Waals surface area contributed by atoms with Gasteiger partial charge < -0.3 is 90.7 Å². The van der Waals surface area contributed by atoms with E-state index < -0.39 is 274 Å². The van der Waals surface area contributed by atoms with Crippen molar-refractivity contribution < 1.29 is 145 Å². The molecule has 23 atom stereocenters. The first-order valence-electron chi connectivity index (χ1n) is 37.7. The molecule has 0 spiro atoms. The van der Waals surface area contributed by atoms with Gasteiger partial charge in [0.1, 0.15) is 116 Å². The molecule has 694 valence electrons. The third kappa shape index (κ3) is 20.2. The highest BCUT2D eigenvalue weighted by Gasteiger charge is 2.52. The van der Waals surface area contributed by atoms with Crippen LogP contribution in [-0.4, -0.2) is 249 Å². The van der Waals surface area contributed by atoms with Crippen molar-refractivity contribution in [1.29, 1.82) is 0 Å². The smallest absolute Gasteiger partial charge is 0.390 e. The number of aromatic amines is 5. The zero-order valence-corrected chi connectivity index (χ0v) is 70.8. The second kappa shape index (κ2) is 35.7. The second-order valence-corrected chi connectivity index (χ2v) is 37.7. The standard InChI is InChI=1S/C60H76N24O38P6/c1-22-9-79(59(91)77-51(22)86)37-4-25(31(113-37)12-106-123(93,94)95)118-125(98,99)108-13-32-26(5-38(114-32)80-10-23(2)52(87)78-60(80)92)119-126(100,101)109-14-33-27(6-39(115-33)81-18-67-42-46(61)65-17-66-47(42)81)121-127(102,103)110-16-35-29(8-41(117-35)84-21-70-45-50(84)73-58(64)76-55(45)90)122-128(104,105)111-15-34-28(7-40(116-34)83-20-69-44-49(83)72-57(63)75-54(44)89)120-124(96,97)107-11-30-24(85)3-36(112-30)82-19-68-43-48(82)71-56(62)74-53(43)88/h9-10,17-21,24-41,85H,3-8,11-16H2,1-2H3,(H,96,97)(H,98,99)(H,100,101)(H,102,103)(H,104,105)(H2,61,65,66)(H,77,86,91)(H,78,87,92)(H2,93,94,95)(H3,62,71,74,88)(H3,63,72,75,89)(H3,64,73,76,90)/t24-,25-,26-,27-,28-,29-,30+,31+,32+,33+,34+,35+,36+,37+,38+,39+,40+,41+/m0/s1. The first-order chi connectivity index (χ1) is 60.3. The lowest BCUT2D eigenvalue weighted by atomic mass is 10.2. The van der Waals surface area contributed by atoms with E-state index in [1.165, 1.54) is 40.2 Å². The molecule has 6 saturated heterocycles. The van der Waals surface area contributed by atoms with Gasteiger partial charge in [0.25, 0.3) is 27.8 Å². The van der Waals surface area contributed by atoms with E-state index in [-0.39, 0.29) is 79.9 Å². The fourth-order valence-corrected chi connectivity index (χ4v) is 20.0. The third-order valence-electron chi connectivity index (χ3n) is 20.8. The molecule has 6 aliphatic rings. The van der Waals surface area contributed by atoms with Gasteiger partial charge in [-0.15, -0.1) is 0 Å². The number of phosphoric acid groups is 6. The van der Waals surface area contributed by atoms with Gasteiger partial charge in [0.05, 0.1) is 71.1 Å². The molecule has 16 heterocycles. The summed E-state index contributed by atoms with van der Waals surface area (Å²) in [6, 6.07) is 0. The highest BCUT2D eigenvalue weighted by molar-refractivity contribution is 7.48. The number of aliphatic hydroxyl groups excluding tert-OH is 1. The van der Waals surface area contributed by atoms with E-state index in [0.29, 0.717) is 0 Å². The molecule has 6 fully saturated rings. The van der Waals surface area contributed by atoms with Crippen LogP contribution in [0.5, 0.6) is 0 Å². The summed E-state index contributed by atoms with van der Waals surface area (Å²) >= 11 is 0. The number of phosphoric ester groups is 6. The molecule has 0 aliphatic carbocycles. The molecule has 128 heavy (non-hydrogen) atoms. The second-order valence-electron chi connectivity index (χ2n) is 29.4. The zero-order chi connectivity index (χ0) is 91.3. The van der Waals surface area contributed by atoms with E-state index in [1.54, 1.807) is 0 Å². The van der Waals surface area contributed by atoms with Crippen molar-refractivity contribution in [2.24, 2.45) is 0 Å². The monoisotopic (exact) mass is 1930 g/mol. The molecule has 21 N–H and O–H groups in total. The van der Waals surface area contributed by atoms with Crippen molar-refractivity contribution in [3.8, 4) is 0 Å². The van der Waals surface area contributed by atoms with Crippen molar-refractivity contribution in [2.75, 3.05) is 62.6 Å². The molecule has 62 nitrogen and oxygen atoms in total. The highest BCUT2D eigenvalue weighted by Crippen LogP contribution is 2.57. The Balaban J connectivity index is 0.617. The minimum atomic E-state index is -5.68. The summed E-state index contributed by atoms with van der Waals surface area (Å²) in [6.45, 7) is -3.72. The average molecular weight is 1930 g/mol.